The Hall–Kier alpha value is -2.64. The summed E-state index contributed by atoms with van der Waals surface area (Å²) in [6.07, 6.45) is -7.40. The van der Waals surface area contributed by atoms with Crippen molar-refractivity contribution < 1.29 is 43.9 Å². The lowest BCUT2D eigenvalue weighted by atomic mass is 9.70. The molecule has 0 aliphatic heterocycles. The Bertz CT molecular complexity index is 1160. The van der Waals surface area contributed by atoms with E-state index in [1.165, 1.54) is 0 Å². The van der Waals surface area contributed by atoms with Gasteiger partial charge in [-0.05, 0) is 18.9 Å². The second-order valence-corrected chi connectivity index (χ2v) is 9.43. The van der Waals surface area contributed by atoms with Crippen LogP contribution in [0.4, 0.5) is 36.4 Å². The lowest BCUT2D eigenvalue weighted by Crippen LogP contribution is -2.48. The molecule has 32 heavy (non-hydrogen) atoms. The molecular formula is C18H16F7N3O3S. The summed E-state index contributed by atoms with van der Waals surface area (Å²) in [6.45, 7) is 0. The Kier molecular flexibility index (Phi) is 6.04. The largest absolute Gasteiger partial charge is 0.395 e. The number of amides is 1. The standard InChI is InChI=1S/C18H16F7N3O3S/c1-28-7-10(32(30,31)8-17(4-2-5-17)18(23,24)25)12(20)14(28)16(29)27-9-3-6-26-13(11(9)19)15(21)22/h3,6-7,15H,2,4-5,8H2,1H3,(H,26,27,29). The second-order valence-electron chi connectivity index (χ2n) is 7.47. The van der Waals surface area contributed by atoms with Gasteiger partial charge in [0.25, 0.3) is 12.3 Å². The van der Waals surface area contributed by atoms with Crippen molar-refractivity contribution in [3.05, 3.63) is 41.5 Å². The molecule has 1 saturated carbocycles. The van der Waals surface area contributed by atoms with Crippen molar-refractivity contribution in [3.63, 3.8) is 0 Å². The summed E-state index contributed by atoms with van der Waals surface area (Å²) in [7, 11) is -3.76. The molecule has 1 aliphatic carbocycles. The maximum atomic E-state index is 14.9. The van der Waals surface area contributed by atoms with Crippen molar-refractivity contribution in [1.82, 2.24) is 9.55 Å². The predicted octanol–water partition coefficient (Wildman–Crippen LogP) is 4.39. The van der Waals surface area contributed by atoms with Gasteiger partial charge in [-0.1, -0.05) is 6.42 Å². The molecule has 1 fully saturated rings. The van der Waals surface area contributed by atoms with Crippen LogP contribution in [-0.4, -0.2) is 35.8 Å². The van der Waals surface area contributed by atoms with Gasteiger partial charge in [0.1, 0.15) is 16.3 Å². The zero-order valence-electron chi connectivity index (χ0n) is 16.3. The summed E-state index contributed by atoms with van der Waals surface area (Å²) >= 11 is 0. The van der Waals surface area contributed by atoms with E-state index in [4.69, 9.17) is 0 Å². The van der Waals surface area contributed by atoms with Crippen LogP contribution in [0.3, 0.4) is 0 Å². The second kappa shape index (κ2) is 8.05. The topological polar surface area (TPSA) is 81.1 Å². The number of hydrogen-bond donors (Lipinski definition) is 1. The van der Waals surface area contributed by atoms with Gasteiger partial charge in [0.05, 0.1) is 16.9 Å². The number of nitrogens with one attached hydrogen (secondary N) is 1. The van der Waals surface area contributed by atoms with Crippen LogP contribution in [0.1, 0.15) is 41.9 Å². The minimum absolute atomic E-state index is 0.165. The van der Waals surface area contributed by atoms with Gasteiger partial charge in [-0.2, -0.15) is 13.2 Å². The molecule has 1 N–H and O–H groups in total. The van der Waals surface area contributed by atoms with E-state index in [-0.39, 0.29) is 6.42 Å². The summed E-state index contributed by atoms with van der Waals surface area (Å²) in [6, 6.07) is 0.821. The Morgan fingerprint density at radius 3 is 2.38 bits per heavy atom. The van der Waals surface area contributed by atoms with Gasteiger partial charge in [-0.3, -0.25) is 9.78 Å². The van der Waals surface area contributed by atoms with Crippen LogP contribution in [0.2, 0.25) is 0 Å². The molecule has 2 aromatic heterocycles. The minimum Gasteiger partial charge on any atom is -0.343 e. The molecule has 2 heterocycles. The maximum absolute atomic E-state index is 14.9. The SMILES string of the molecule is Cn1cc(S(=O)(=O)CC2(C(F)(F)F)CCC2)c(F)c1C(=O)Nc1ccnc(C(F)F)c1F. The molecule has 2 aromatic rings. The van der Waals surface area contributed by atoms with Crippen LogP contribution in [0.15, 0.2) is 23.4 Å². The van der Waals surface area contributed by atoms with Crippen LogP contribution in [-0.2, 0) is 16.9 Å². The van der Waals surface area contributed by atoms with Gasteiger partial charge >= 0.3 is 6.18 Å². The van der Waals surface area contributed by atoms with Gasteiger partial charge in [0, 0.05) is 19.4 Å². The van der Waals surface area contributed by atoms with Gasteiger partial charge in [-0.25, -0.2) is 26.0 Å². The number of carbonyl (C=O) groups is 1. The number of aromatic nitrogens is 2. The lowest BCUT2D eigenvalue weighted by molar-refractivity contribution is -0.241. The molecule has 0 atom stereocenters. The van der Waals surface area contributed by atoms with Crippen LogP contribution < -0.4 is 5.32 Å². The highest BCUT2D eigenvalue weighted by Gasteiger charge is 2.60. The average Bonchev–Trinajstić information content (AvgIpc) is 2.94. The molecule has 0 unspecified atom stereocenters. The minimum atomic E-state index is -4.81. The first-order valence-corrected chi connectivity index (χ1v) is 10.7. The number of nitrogens with zero attached hydrogens (tertiary/aromatic N) is 2. The number of hydrogen-bond acceptors (Lipinski definition) is 4. The van der Waals surface area contributed by atoms with Crippen molar-refractivity contribution in [1.29, 1.82) is 0 Å². The summed E-state index contributed by atoms with van der Waals surface area (Å²) in [5.74, 6) is -5.99. The Balaban J connectivity index is 1.93. The molecule has 0 spiro atoms. The highest BCUT2D eigenvalue weighted by molar-refractivity contribution is 7.91. The van der Waals surface area contributed by atoms with Crippen molar-refractivity contribution >= 4 is 21.4 Å². The number of carbonyl (C=O) groups excluding carboxylic acids is 1. The lowest BCUT2D eigenvalue weighted by Gasteiger charge is -2.42. The molecule has 0 bridgehead atoms. The van der Waals surface area contributed by atoms with Gasteiger partial charge in [-0.15, -0.1) is 0 Å². The van der Waals surface area contributed by atoms with E-state index in [1.54, 1.807) is 0 Å². The number of pyridine rings is 1. The quantitative estimate of drug-likeness (QED) is 0.613. The highest BCUT2D eigenvalue weighted by atomic mass is 32.2. The summed E-state index contributed by atoms with van der Waals surface area (Å²) in [5.41, 5.74) is -5.47. The molecule has 14 heteroatoms. The first-order chi connectivity index (χ1) is 14.7. The zero-order valence-corrected chi connectivity index (χ0v) is 17.1. The normalized spacial score (nSPS) is 16.2. The van der Waals surface area contributed by atoms with Crippen LogP contribution in [0.5, 0.6) is 0 Å². The summed E-state index contributed by atoms with van der Waals surface area (Å²) in [4.78, 5) is 14.4. The molecule has 6 nitrogen and oxygen atoms in total. The third kappa shape index (κ3) is 4.07. The highest BCUT2D eigenvalue weighted by Crippen LogP contribution is 2.54. The number of halogens is 7. The predicted molar refractivity (Wildman–Crippen MR) is 96.9 cm³/mol. The molecular weight excluding hydrogens is 471 g/mol. The third-order valence-corrected chi connectivity index (χ3v) is 7.27. The molecule has 176 valence electrons. The van der Waals surface area contributed by atoms with Gasteiger partial charge in [0.2, 0.25) is 0 Å². The monoisotopic (exact) mass is 487 g/mol. The molecule has 1 amide bonds. The molecule has 1 aliphatic rings. The number of aryl methyl sites for hydroxylation is 1. The van der Waals surface area contributed by atoms with E-state index >= 15 is 0 Å². The Morgan fingerprint density at radius 1 is 1.25 bits per heavy atom. The Labute approximate surface area is 177 Å². The summed E-state index contributed by atoms with van der Waals surface area (Å²) < 4.78 is 120. The first kappa shape index (κ1) is 24.0. The van der Waals surface area contributed by atoms with E-state index in [9.17, 15) is 43.9 Å². The maximum Gasteiger partial charge on any atom is 0.395 e. The smallest absolute Gasteiger partial charge is 0.343 e. The third-order valence-electron chi connectivity index (χ3n) is 5.39. The number of sulfone groups is 1. The number of rotatable bonds is 6. The van der Waals surface area contributed by atoms with E-state index in [1.807, 2.05) is 5.32 Å². The molecule has 0 aromatic carbocycles. The molecule has 0 radical (unpaired) electrons. The van der Waals surface area contributed by atoms with E-state index in [0.29, 0.717) is 10.8 Å². The number of alkyl halides is 5. The van der Waals surface area contributed by atoms with Gasteiger partial charge < -0.3 is 9.88 Å². The van der Waals surface area contributed by atoms with Crippen LogP contribution in [0.25, 0.3) is 0 Å². The van der Waals surface area contributed by atoms with E-state index < -0.39 is 86.0 Å². The Morgan fingerprint density at radius 2 is 1.88 bits per heavy atom. The number of anilines is 1. The van der Waals surface area contributed by atoms with Crippen LogP contribution >= 0.6 is 0 Å². The fourth-order valence-corrected chi connectivity index (χ4v) is 5.51. The van der Waals surface area contributed by atoms with Crippen molar-refractivity contribution in [2.24, 2.45) is 12.5 Å². The van der Waals surface area contributed by atoms with Crippen molar-refractivity contribution in [2.45, 2.75) is 36.8 Å². The first-order valence-electron chi connectivity index (χ1n) is 9.08. The van der Waals surface area contributed by atoms with Crippen molar-refractivity contribution in [3.8, 4) is 0 Å². The van der Waals surface area contributed by atoms with E-state index in [2.05, 4.69) is 4.98 Å². The fraction of sp³-hybridized carbons (Fsp3) is 0.444. The van der Waals surface area contributed by atoms with Gasteiger partial charge in [0.15, 0.2) is 21.5 Å². The zero-order chi connectivity index (χ0) is 24.1. The van der Waals surface area contributed by atoms with Crippen molar-refractivity contribution in [2.75, 3.05) is 11.1 Å². The summed E-state index contributed by atoms with van der Waals surface area (Å²) in [5, 5.41) is 1.84. The van der Waals surface area contributed by atoms with Crippen LogP contribution in [0, 0.1) is 17.0 Å². The molecule has 3 rings (SSSR count). The fourth-order valence-electron chi connectivity index (χ4n) is 3.49. The average molecular weight is 487 g/mol. The van der Waals surface area contributed by atoms with E-state index in [0.717, 1.165) is 19.3 Å². The molecule has 0 saturated heterocycles.